The number of para-hydroxylation sites is 5. The van der Waals surface area contributed by atoms with E-state index in [1.165, 1.54) is 80.7 Å². The minimum absolute atomic E-state index is 0.839. The van der Waals surface area contributed by atoms with Crippen LogP contribution >= 0.6 is 11.3 Å². The molecule has 7 aromatic carbocycles. The first-order valence-corrected chi connectivity index (χ1v) is 36.6. The van der Waals surface area contributed by atoms with Crippen molar-refractivity contribution in [2.75, 3.05) is 0 Å². The van der Waals surface area contributed by atoms with Gasteiger partial charge in [-0.2, -0.15) is 0 Å². The number of aryl methyl sites for hydroxylation is 13. The molecule has 0 amide bonds. The number of fused-ring (bicyclic) bond motifs is 9. The van der Waals surface area contributed by atoms with Gasteiger partial charge in [0, 0.05) is 106 Å². The number of pyridine rings is 2. The molecular formula is C89H126N6OS. The van der Waals surface area contributed by atoms with Gasteiger partial charge in [0.1, 0.15) is 17.3 Å². The lowest BCUT2D eigenvalue weighted by Gasteiger charge is -2.01. The highest BCUT2D eigenvalue weighted by Crippen LogP contribution is 2.29. The SMILES string of the molecule is CC.CC.CC.CC.CC.CC.CC.CC.CC.Cc1cc(C)c2ccccc2n1.Cc1cc2ccccc2c(C)n1.Cc1ccc(C)o1.Cc1ccc(C)s1.Cc1ccc2c3ccccc3n(C)c2c1.Cc1nc(C)c2ccccc2n1.Cn1c2ccccc2c2ccccc21. The molecule has 0 N–H and O–H groups in total. The summed E-state index contributed by atoms with van der Waals surface area (Å²) in [7, 11) is 4.24. The van der Waals surface area contributed by atoms with Crippen LogP contribution < -0.4 is 0 Å². The van der Waals surface area contributed by atoms with Crippen LogP contribution in [-0.2, 0) is 14.1 Å². The Labute approximate surface area is 593 Å². The lowest BCUT2D eigenvalue weighted by atomic mass is 10.1. The smallest absolute Gasteiger partial charge is 0.126 e. The van der Waals surface area contributed by atoms with Gasteiger partial charge in [0.15, 0.2) is 0 Å². The van der Waals surface area contributed by atoms with Crippen LogP contribution in [0.4, 0.5) is 0 Å². The molecule has 0 atom stereocenters. The number of nitrogens with zero attached hydrogens (tertiary/aromatic N) is 6. The Morgan fingerprint density at radius 3 is 1.06 bits per heavy atom. The van der Waals surface area contributed by atoms with Gasteiger partial charge in [-0.15, -0.1) is 11.3 Å². The molecule has 0 fully saturated rings. The second-order valence-corrected chi connectivity index (χ2v) is 21.5. The average molecular weight is 1330 g/mol. The van der Waals surface area contributed by atoms with Crippen LogP contribution in [0.3, 0.4) is 0 Å². The van der Waals surface area contributed by atoms with Gasteiger partial charge in [-0.25, -0.2) is 9.97 Å². The molecular weight excluding hydrogens is 1200 g/mol. The molecule has 0 radical (unpaired) electrons. The predicted octanol–water partition coefficient (Wildman–Crippen LogP) is 28.4. The molecule has 7 heterocycles. The van der Waals surface area contributed by atoms with Gasteiger partial charge in [0.25, 0.3) is 0 Å². The zero-order valence-electron chi connectivity index (χ0n) is 66.1. The molecule has 0 aliphatic rings. The monoisotopic (exact) mass is 1330 g/mol. The second kappa shape index (κ2) is 52.5. The van der Waals surface area contributed by atoms with Gasteiger partial charge >= 0.3 is 0 Å². The molecule has 0 bridgehead atoms. The molecule has 0 spiro atoms. The Kier molecular flexibility index (Phi) is 48.9. The van der Waals surface area contributed by atoms with Gasteiger partial charge in [-0.05, 0) is 165 Å². The van der Waals surface area contributed by atoms with Crippen molar-refractivity contribution in [2.24, 2.45) is 14.1 Å². The van der Waals surface area contributed by atoms with E-state index in [0.29, 0.717) is 0 Å². The van der Waals surface area contributed by atoms with Crippen LogP contribution in [0.15, 0.2) is 205 Å². The van der Waals surface area contributed by atoms with Crippen molar-refractivity contribution < 1.29 is 4.42 Å². The lowest BCUT2D eigenvalue weighted by molar-refractivity contribution is 0.504. The first kappa shape index (κ1) is 90.3. The molecule has 0 unspecified atom stereocenters. The van der Waals surface area contributed by atoms with Crippen molar-refractivity contribution in [1.82, 2.24) is 29.1 Å². The van der Waals surface area contributed by atoms with Crippen LogP contribution in [-0.4, -0.2) is 29.1 Å². The summed E-state index contributed by atoms with van der Waals surface area (Å²) in [5.74, 6) is 2.81. The standard InChI is InChI=1S/C14H13N.C13H11N.2C11H11N.C10H10N2.C6H8O.C6H8S.9C2H6/c1-10-7-8-12-11-5-3-4-6-13(11)15(2)14(12)9-10;1-14-12-8-4-2-6-10(12)11-7-3-5-9-13(11)14;1-8-7-10-5-3-4-6-11(10)9(2)12-8;1-8-7-9(2)12-11-6-4-3-5-10(8)11;1-7-9-5-3-4-6-10(9)12-8(2)11-7;2*1-5-3-4-6(2)7-5;9*1-2/h3-9H,1-2H3;2-9H,1H3;2*3-7H,1-2H3;3-6H,1-2H3;2*3-4H,1-2H3;9*1-2H3. The molecule has 7 aromatic heterocycles. The third kappa shape index (κ3) is 28.9. The maximum absolute atomic E-state index is 5.08. The van der Waals surface area contributed by atoms with Crippen LogP contribution in [0.1, 0.15) is 186 Å². The van der Waals surface area contributed by atoms with E-state index in [9.17, 15) is 0 Å². The van der Waals surface area contributed by atoms with Crippen molar-refractivity contribution in [3.05, 3.63) is 261 Å². The summed E-state index contributed by atoms with van der Waals surface area (Å²) in [6.45, 7) is 58.4. The fourth-order valence-electron chi connectivity index (χ4n) is 9.93. The fourth-order valence-corrected chi connectivity index (χ4v) is 10.7. The Bertz CT molecular complexity index is 4010. The van der Waals surface area contributed by atoms with Crippen LogP contribution in [0.2, 0.25) is 0 Å². The molecule has 524 valence electrons. The topological polar surface area (TPSA) is 74.6 Å². The van der Waals surface area contributed by atoms with Gasteiger partial charge in [-0.3, -0.25) is 9.97 Å². The van der Waals surface area contributed by atoms with E-state index in [0.717, 1.165) is 56.5 Å². The molecule has 14 rings (SSSR count). The van der Waals surface area contributed by atoms with Crippen molar-refractivity contribution in [3.8, 4) is 0 Å². The van der Waals surface area contributed by atoms with Gasteiger partial charge in [0.05, 0.1) is 11.0 Å². The molecule has 97 heavy (non-hydrogen) atoms. The summed E-state index contributed by atoms with van der Waals surface area (Å²) < 4.78 is 9.59. The van der Waals surface area contributed by atoms with Crippen molar-refractivity contribution in [3.63, 3.8) is 0 Å². The van der Waals surface area contributed by atoms with Crippen molar-refractivity contribution >= 4 is 87.5 Å². The highest BCUT2D eigenvalue weighted by molar-refractivity contribution is 7.11. The van der Waals surface area contributed by atoms with Crippen LogP contribution in [0, 0.1) is 76.2 Å². The molecule has 0 aliphatic heterocycles. The largest absolute Gasteiger partial charge is 0.467 e. The molecule has 0 aliphatic carbocycles. The summed E-state index contributed by atoms with van der Waals surface area (Å²) in [5.41, 5.74) is 14.3. The summed E-state index contributed by atoms with van der Waals surface area (Å²) in [6, 6.07) is 69.3. The first-order valence-electron chi connectivity index (χ1n) is 35.8. The minimum atomic E-state index is 0.839. The van der Waals surface area contributed by atoms with Crippen molar-refractivity contribution in [1.29, 1.82) is 0 Å². The first-order chi connectivity index (χ1) is 47.0. The van der Waals surface area contributed by atoms with E-state index >= 15 is 0 Å². The number of aromatic nitrogens is 6. The van der Waals surface area contributed by atoms with E-state index in [4.69, 9.17) is 4.42 Å². The normalized spacial score (nSPS) is 9.19. The van der Waals surface area contributed by atoms with Gasteiger partial charge in [-0.1, -0.05) is 252 Å². The second-order valence-electron chi connectivity index (χ2n) is 20.0. The van der Waals surface area contributed by atoms with Crippen LogP contribution in [0.5, 0.6) is 0 Å². The number of rotatable bonds is 0. The Balaban J connectivity index is 0. The molecule has 14 aromatic rings. The Hall–Kier alpha value is -8.72. The van der Waals surface area contributed by atoms with Crippen molar-refractivity contribution in [2.45, 2.75) is 201 Å². The van der Waals surface area contributed by atoms with Gasteiger partial charge in [0.2, 0.25) is 0 Å². The number of hydrogen-bond donors (Lipinski definition) is 0. The summed E-state index contributed by atoms with van der Waals surface area (Å²) in [6.07, 6.45) is 0. The Morgan fingerprint density at radius 1 is 0.289 bits per heavy atom. The number of benzene rings is 7. The minimum Gasteiger partial charge on any atom is -0.467 e. The van der Waals surface area contributed by atoms with E-state index in [1.54, 1.807) is 0 Å². The number of thiophene rings is 1. The summed E-state index contributed by atoms with van der Waals surface area (Å²) in [5, 5.41) is 10.3. The van der Waals surface area contributed by atoms with E-state index < -0.39 is 0 Å². The maximum Gasteiger partial charge on any atom is 0.126 e. The number of furan rings is 1. The van der Waals surface area contributed by atoms with E-state index in [2.05, 4.69) is 223 Å². The highest BCUT2D eigenvalue weighted by Gasteiger charge is 2.08. The molecule has 7 nitrogen and oxygen atoms in total. The highest BCUT2D eigenvalue weighted by atomic mass is 32.1. The summed E-state index contributed by atoms with van der Waals surface area (Å²) >= 11 is 1.84. The quantitative estimate of drug-likeness (QED) is 0.151. The predicted molar refractivity (Wildman–Crippen MR) is 441 cm³/mol. The van der Waals surface area contributed by atoms with Gasteiger partial charge < -0.3 is 13.6 Å². The molecule has 0 saturated heterocycles. The third-order valence-corrected chi connectivity index (χ3v) is 14.6. The zero-order chi connectivity index (χ0) is 74.2. The maximum atomic E-state index is 5.08. The lowest BCUT2D eigenvalue weighted by Crippen LogP contribution is -1.92. The van der Waals surface area contributed by atoms with E-state index in [1.807, 2.05) is 232 Å². The number of hydrogen-bond acceptors (Lipinski definition) is 6. The third-order valence-electron chi connectivity index (χ3n) is 13.7. The fraction of sp³-hybridized carbons (Fsp3) is 0.348. The average Bonchev–Trinajstić information content (AvgIpc) is 1.64. The summed E-state index contributed by atoms with van der Waals surface area (Å²) in [4.78, 5) is 20.3. The molecule has 8 heteroatoms. The van der Waals surface area contributed by atoms with Crippen LogP contribution in [0.25, 0.3) is 76.2 Å². The molecule has 0 saturated carbocycles. The Morgan fingerprint density at radius 2 is 0.639 bits per heavy atom. The zero-order valence-corrected chi connectivity index (χ0v) is 66.9. The van der Waals surface area contributed by atoms with E-state index in [-0.39, 0.29) is 0 Å².